The number of ether oxygens (including phenoxy) is 2. The van der Waals surface area contributed by atoms with Gasteiger partial charge in [-0.25, -0.2) is 4.79 Å². The molecule has 0 saturated heterocycles. The molecular formula is C14H20O4. The molecule has 0 fully saturated rings. The van der Waals surface area contributed by atoms with Gasteiger partial charge in [-0.2, -0.15) is 0 Å². The van der Waals surface area contributed by atoms with Crippen molar-refractivity contribution >= 4 is 11.9 Å². The summed E-state index contributed by atoms with van der Waals surface area (Å²) in [4.78, 5) is 21.5. The molecule has 0 amide bonds. The molecule has 4 nitrogen and oxygen atoms in total. The number of allylic oxidation sites excluding steroid dienone is 4. The van der Waals surface area contributed by atoms with Crippen LogP contribution in [0.3, 0.4) is 0 Å². The normalized spacial score (nSPS) is 9.94. The molecule has 0 aliphatic carbocycles. The molecule has 0 aromatic rings. The molecular weight excluding hydrogens is 232 g/mol. The van der Waals surface area contributed by atoms with Crippen LogP contribution in [0.1, 0.15) is 33.6 Å². The van der Waals surface area contributed by atoms with E-state index in [9.17, 15) is 9.59 Å². The summed E-state index contributed by atoms with van der Waals surface area (Å²) in [6.07, 6.45) is 6.73. The van der Waals surface area contributed by atoms with Crippen LogP contribution in [-0.4, -0.2) is 18.5 Å². The lowest BCUT2D eigenvalue weighted by molar-refractivity contribution is -0.154. The zero-order valence-electron chi connectivity index (χ0n) is 11.2. The average molecular weight is 252 g/mol. The molecule has 0 unspecified atom stereocenters. The lowest BCUT2D eigenvalue weighted by Gasteiger charge is -2.00. The topological polar surface area (TPSA) is 52.6 Å². The van der Waals surface area contributed by atoms with E-state index >= 15 is 0 Å². The van der Waals surface area contributed by atoms with Crippen molar-refractivity contribution in [2.75, 3.05) is 6.61 Å². The fraction of sp³-hybridized carbons (Fsp3) is 0.429. The van der Waals surface area contributed by atoms with E-state index in [2.05, 4.69) is 17.4 Å². The van der Waals surface area contributed by atoms with Gasteiger partial charge in [-0.05, 0) is 32.8 Å². The number of carbonyl (C=O) groups is 2. The van der Waals surface area contributed by atoms with Gasteiger partial charge in [0.25, 0.3) is 0 Å². The molecule has 0 atom stereocenters. The molecule has 4 heteroatoms. The molecule has 0 heterocycles. The fourth-order valence-electron chi connectivity index (χ4n) is 1.03. The maximum absolute atomic E-state index is 11.0. The third-order valence-corrected chi connectivity index (χ3v) is 1.91. The minimum absolute atomic E-state index is 0.371. The molecule has 0 aromatic carbocycles. The first kappa shape index (κ1) is 16.2. The maximum Gasteiger partial charge on any atom is 0.349 e. The summed E-state index contributed by atoms with van der Waals surface area (Å²) in [6, 6.07) is 0. The van der Waals surface area contributed by atoms with E-state index in [0.717, 1.165) is 18.4 Å². The van der Waals surface area contributed by atoms with Crippen LogP contribution in [-0.2, 0) is 19.1 Å². The first-order chi connectivity index (χ1) is 8.41. The molecule has 0 bridgehead atoms. The molecule has 0 spiro atoms. The summed E-state index contributed by atoms with van der Waals surface area (Å²) >= 11 is 0. The van der Waals surface area contributed by atoms with Gasteiger partial charge >= 0.3 is 11.9 Å². The Hall–Kier alpha value is -1.84. The molecule has 18 heavy (non-hydrogen) atoms. The van der Waals surface area contributed by atoms with Crippen LogP contribution >= 0.6 is 0 Å². The van der Waals surface area contributed by atoms with Crippen molar-refractivity contribution in [1.82, 2.24) is 0 Å². The Balaban J connectivity index is 3.80. The van der Waals surface area contributed by atoms with Crippen LogP contribution in [0.2, 0.25) is 0 Å². The highest BCUT2D eigenvalue weighted by Gasteiger charge is 2.02. The van der Waals surface area contributed by atoms with Crippen molar-refractivity contribution in [2.45, 2.75) is 33.6 Å². The summed E-state index contributed by atoms with van der Waals surface area (Å²) in [5.74, 6) is -1.12. The number of carbonyl (C=O) groups excluding carboxylic acids is 2. The van der Waals surface area contributed by atoms with Crippen molar-refractivity contribution in [3.8, 4) is 0 Å². The first-order valence-electron chi connectivity index (χ1n) is 5.72. The highest BCUT2D eigenvalue weighted by molar-refractivity contribution is 5.75. The SMILES string of the molecule is C=C(C=COC(=O)COC(C)=O)CCC=C(C)C. The minimum Gasteiger partial charge on any atom is -0.454 e. The van der Waals surface area contributed by atoms with Crippen molar-refractivity contribution in [3.63, 3.8) is 0 Å². The predicted molar refractivity (Wildman–Crippen MR) is 69.7 cm³/mol. The zero-order valence-corrected chi connectivity index (χ0v) is 11.2. The number of hydrogen-bond acceptors (Lipinski definition) is 4. The summed E-state index contributed by atoms with van der Waals surface area (Å²) < 4.78 is 9.19. The largest absolute Gasteiger partial charge is 0.454 e. The summed E-state index contributed by atoms with van der Waals surface area (Å²) in [5, 5.41) is 0. The second-order valence-corrected chi connectivity index (χ2v) is 4.05. The number of esters is 2. The second-order valence-electron chi connectivity index (χ2n) is 4.05. The quantitative estimate of drug-likeness (QED) is 0.302. The van der Waals surface area contributed by atoms with Crippen LogP contribution in [0.4, 0.5) is 0 Å². The lowest BCUT2D eigenvalue weighted by atomic mass is 10.1. The van der Waals surface area contributed by atoms with Crippen molar-refractivity contribution < 1.29 is 19.1 Å². The molecule has 100 valence electrons. The standard InChI is InChI=1S/C14H20O4/c1-11(2)6-5-7-12(3)8-9-17-14(16)10-18-13(4)15/h6,8-9H,3,5,7,10H2,1-2,4H3. The van der Waals surface area contributed by atoms with E-state index in [1.54, 1.807) is 6.08 Å². The Labute approximate surface area is 108 Å². The number of hydrogen-bond donors (Lipinski definition) is 0. The van der Waals surface area contributed by atoms with Crippen LogP contribution in [0, 0.1) is 0 Å². The van der Waals surface area contributed by atoms with Gasteiger partial charge in [-0.15, -0.1) is 0 Å². The fourth-order valence-corrected chi connectivity index (χ4v) is 1.03. The third kappa shape index (κ3) is 10.7. The highest BCUT2D eigenvalue weighted by atomic mass is 16.6. The summed E-state index contributed by atoms with van der Waals surface area (Å²) in [7, 11) is 0. The monoisotopic (exact) mass is 252 g/mol. The third-order valence-electron chi connectivity index (χ3n) is 1.91. The van der Waals surface area contributed by atoms with E-state index in [0.29, 0.717) is 0 Å². The maximum atomic E-state index is 11.0. The van der Waals surface area contributed by atoms with Crippen LogP contribution in [0.25, 0.3) is 0 Å². The van der Waals surface area contributed by atoms with Gasteiger partial charge in [-0.1, -0.05) is 23.8 Å². The van der Waals surface area contributed by atoms with Crippen LogP contribution < -0.4 is 0 Å². The predicted octanol–water partition coefficient (Wildman–Crippen LogP) is 2.91. The Morgan fingerprint density at radius 1 is 1.22 bits per heavy atom. The average Bonchev–Trinajstić information content (AvgIpc) is 2.25. The Bertz CT molecular complexity index is 360. The molecule has 0 rings (SSSR count). The molecule has 0 radical (unpaired) electrons. The van der Waals surface area contributed by atoms with E-state index in [1.807, 2.05) is 13.8 Å². The summed E-state index contributed by atoms with van der Waals surface area (Å²) in [6.45, 7) is 8.76. The molecule has 0 saturated carbocycles. The molecule has 0 aliphatic heterocycles. The first-order valence-corrected chi connectivity index (χ1v) is 5.72. The van der Waals surface area contributed by atoms with E-state index in [4.69, 9.17) is 4.74 Å². The van der Waals surface area contributed by atoms with E-state index in [1.165, 1.54) is 18.8 Å². The van der Waals surface area contributed by atoms with Gasteiger partial charge in [0.05, 0.1) is 6.26 Å². The Kier molecular flexibility index (Phi) is 8.27. The van der Waals surface area contributed by atoms with Gasteiger partial charge < -0.3 is 9.47 Å². The van der Waals surface area contributed by atoms with Crippen LogP contribution in [0.15, 0.2) is 36.1 Å². The molecule has 0 aromatic heterocycles. The van der Waals surface area contributed by atoms with Crippen molar-refractivity contribution in [3.05, 3.63) is 36.1 Å². The smallest absolute Gasteiger partial charge is 0.349 e. The highest BCUT2D eigenvalue weighted by Crippen LogP contribution is 2.06. The molecule has 0 aliphatic rings. The van der Waals surface area contributed by atoms with E-state index < -0.39 is 11.9 Å². The Morgan fingerprint density at radius 2 is 1.89 bits per heavy atom. The van der Waals surface area contributed by atoms with Gasteiger partial charge in [0.2, 0.25) is 0 Å². The minimum atomic E-state index is -0.612. The van der Waals surface area contributed by atoms with E-state index in [-0.39, 0.29) is 6.61 Å². The Morgan fingerprint density at radius 3 is 2.44 bits per heavy atom. The van der Waals surface area contributed by atoms with Gasteiger partial charge in [-0.3, -0.25) is 4.79 Å². The van der Waals surface area contributed by atoms with Gasteiger partial charge in [0, 0.05) is 6.92 Å². The van der Waals surface area contributed by atoms with Crippen molar-refractivity contribution in [2.24, 2.45) is 0 Å². The van der Waals surface area contributed by atoms with Crippen molar-refractivity contribution in [1.29, 1.82) is 0 Å². The van der Waals surface area contributed by atoms with Crippen LogP contribution in [0.5, 0.6) is 0 Å². The second kappa shape index (κ2) is 9.22. The molecule has 0 N–H and O–H groups in total. The number of rotatable bonds is 7. The van der Waals surface area contributed by atoms with Gasteiger partial charge in [0.1, 0.15) is 0 Å². The lowest BCUT2D eigenvalue weighted by Crippen LogP contribution is -2.12. The van der Waals surface area contributed by atoms with Gasteiger partial charge in [0.15, 0.2) is 6.61 Å². The zero-order chi connectivity index (χ0) is 14.0. The summed E-state index contributed by atoms with van der Waals surface area (Å²) in [5.41, 5.74) is 2.13.